The molecule has 0 saturated heterocycles. The van der Waals surface area contributed by atoms with Crippen LogP contribution in [0.2, 0.25) is 0 Å². The Balaban J connectivity index is 4.64. The summed E-state index contributed by atoms with van der Waals surface area (Å²) < 4.78 is -3.61. The molecule has 0 atom stereocenters. The van der Waals surface area contributed by atoms with E-state index in [1.54, 1.807) is 0 Å². The van der Waals surface area contributed by atoms with Crippen LogP contribution in [-0.4, -0.2) is 45.2 Å². The summed E-state index contributed by atoms with van der Waals surface area (Å²) in [5.41, 5.74) is 3.29. The fourth-order valence-corrected chi connectivity index (χ4v) is 2.86. The standard InChI is InChI=1S/3CH2NO2.Ga/c3*3-1-2-4;/h3*4H,(H,2,3);. The van der Waals surface area contributed by atoms with Crippen LogP contribution in [0, 0.1) is 0 Å². The molecule has 0 rings (SSSR count). The van der Waals surface area contributed by atoms with E-state index in [0.29, 0.717) is 0 Å². The van der Waals surface area contributed by atoms with Crippen molar-refractivity contribution in [1.29, 1.82) is 0 Å². The molecule has 9 nitrogen and oxygen atoms in total. The summed E-state index contributed by atoms with van der Waals surface area (Å²) in [7, 11) is 0. The maximum atomic E-state index is 10.7. The number of hydroxylamine groups is 3. The van der Waals surface area contributed by atoms with Crippen LogP contribution in [0.15, 0.2) is 0 Å². The Morgan fingerprint density at radius 1 is 0.769 bits per heavy atom. The molecule has 0 aliphatic heterocycles. The molecule has 0 radical (unpaired) electrons. The molecule has 72 valence electrons. The van der Waals surface area contributed by atoms with Gasteiger partial charge in [-0.05, 0) is 0 Å². The number of nitrogens with one attached hydrogen (secondary N) is 3. The van der Waals surface area contributed by atoms with Crippen molar-refractivity contribution < 1.29 is 30.0 Å². The van der Waals surface area contributed by atoms with Gasteiger partial charge in [-0.1, -0.05) is 0 Å². The Morgan fingerprint density at radius 3 is 1.15 bits per heavy atom. The number of amides is 3. The van der Waals surface area contributed by atoms with Gasteiger partial charge in [-0.25, -0.2) is 0 Å². The molecule has 0 aromatic rings. The van der Waals surface area contributed by atoms with Gasteiger partial charge >= 0.3 is 76.0 Å². The van der Waals surface area contributed by atoms with E-state index in [1.165, 1.54) is 0 Å². The summed E-state index contributed by atoms with van der Waals surface area (Å²) in [6, 6.07) is 0. The third-order valence-corrected chi connectivity index (χ3v) is 5.23. The van der Waals surface area contributed by atoms with Gasteiger partial charge in [0.1, 0.15) is 0 Å². The van der Waals surface area contributed by atoms with Crippen LogP contribution in [0.5, 0.6) is 0 Å². The Bertz CT molecular complexity index is 193. The van der Waals surface area contributed by atoms with E-state index >= 15 is 0 Å². The van der Waals surface area contributed by atoms with Crippen LogP contribution in [-0.2, 0) is 0 Å². The van der Waals surface area contributed by atoms with Gasteiger partial charge in [-0.3, -0.25) is 0 Å². The third kappa shape index (κ3) is 3.04. The summed E-state index contributed by atoms with van der Waals surface area (Å²) in [5.74, 6) is 0. The zero-order valence-electron chi connectivity index (χ0n) is 6.14. The normalized spacial score (nSPS) is 8.54. The maximum absolute atomic E-state index is 10.7. The number of hydrogen-bond donors (Lipinski definition) is 6. The van der Waals surface area contributed by atoms with E-state index in [2.05, 4.69) is 0 Å². The van der Waals surface area contributed by atoms with Crippen LogP contribution in [0.4, 0.5) is 14.4 Å². The molecule has 0 spiro atoms. The van der Waals surface area contributed by atoms with Crippen LogP contribution in [0.25, 0.3) is 0 Å². The van der Waals surface area contributed by atoms with Crippen LogP contribution < -0.4 is 16.4 Å². The molecule has 0 heterocycles. The van der Waals surface area contributed by atoms with Gasteiger partial charge in [0.15, 0.2) is 0 Å². The summed E-state index contributed by atoms with van der Waals surface area (Å²) >= 11 is -4.02. The Morgan fingerprint density at radius 2 is 1.00 bits per heavy atom. The van der Waals surface area contributed by atoms with Crippen molar-refractivity contribution in [3.05, 3.63) is 0 Å². The second-order valence-corrected chi connectivity index (χ2v) is 6.98. The molecule has 0 fully saturated rings. The fourth-order valence-electron chi connectivity index (χ4n) is 0.551. The SMILES string of the molecule is O=[C](NO)[Ga]([C](=O)NO)[C](=O)NO. The fraction of sp³-hybridized carbons (Fsp3) is 0. The minimum atomic E-state index is -4.02. The molecule has 0 unspecified atom stereocenters. The summed E-state index contributed by atoms with van der Waals surface area (Å²) in [5, 5.41) is 24.4. The predicted octanol–water partition coefficient (Wildman–Crippen LogP) is -1.48. The van der Waals surface area contributed by atoms with Gasteiger partial charge in [-0.2, -0.15) is 0 Å². The third-order valence-electron chi connectivity index (χ3n) is 1.12. The molecule has 0 aromatic heterocycles. The second-order valence-electron chi connectivity index (χ2n) is 1.86. The summed E-state index contributed by atoms with van der Waals surface area (Å²) in [6.07, 6.45) is 0. The van der Waals surface area contributed by atoms with Crippen molar-refractivity contribution in [3.8, 4) is 0 Å². The average Bonchev–Trinajstić information content (AvgIpc) is 2.16. The van der Waals surface area contributed by atoms with E-state index in [-0.39, 0.29) is 0 Å². The molecule has 0 aromatic carbocycles. The van der Waals surface area contributed by atoms with Gasteiger partial charge in [0.25, 0.3) is 0 Å². The molecule has 0 bridgehead atoms. The molecule has 0 aliphatic rings. The van der Waals surface area contributed by atoms with E-state index < -0.39 is 29.6 Å². The minimum absolute atomic E-state index is 1.10. The van der Waals surface area contributed by atoms with Crippen molar-refractivity contribution in [2.75, 3.05) is 0 Å². The van der Waals surface area contributed by atoms with Gasteiger partial charge in [0.05, 0.1) is 0 Å². The molecule has 3 amide bonds. The zero-order chi connectivity index (χ0) is 10.4. The average molecular weight is 250 g/mol. The molecule has 0 aliphatic carbocycles. The summed E-state index contributed by atoms with van der Waals surface area (Å²) in [4.78, 5) is 32.1. The number of hydrogen-bond acceptors (Lipinski definition) is 6. The van der Waals surface area contributed by atoms with Crippen LogP contribution in [0.1, 0.15) is 0 Å². The van der Waals surface area contributed by atoms with Gasteiger partial charge in [0, 0.05) is 0 Å². The van der Waals surface area contributed by atoms with Gasteiger partial charge in [-0.15, -0.1) is 0 Å². The van der Waals surface area contributed by atoms with E-state index in [0.717, 1.165) is 16.4 Å². The quantitative estimate of drug-likeness (QED) is 0.204. The van der Waals surface area contributed by atoms with Crippen molar-refractivity contribution >= 4 is 29.6 Å². The van der Waals surface area contributed by atoms with Crippen LogP contribution >= 0.6 is 0 Å². The van der Waals surface area contributed by atoms with Gasteiger partial charge < -0.3 is 0 Å². The topological polar surface area (TPSA) is 148 Å². The van der Waals surface area contributed by atoms with Crippen LogP contribution in [0.3, 0.4) is 0 Å². The van der Waals surface area contributed by atoms with E-state index in [1.807, 2.05) is 0 Å². The van der Waals surface area contributed by atoms with Crippen molar-refractivity contribution in [2.45, 2.75) is 0 Å². The number of carbonyl (C=O) groups excluding carboxylic acids is 3. The first kappa shape index (κ1) is 11.9. The van der Waals surface area contributed by atoms with E-state index in [4.69, 9.17) is 15.6 Å². The molecule has 6 N–H and O–H groups in total. The molecule has 10 heteroatoms. The summed E-state index contributed by atoms with van der Waals surface area (Å²) in [6.45, 7) is 0. The second kappa shape index (κ2) is 5.55. The predicted molar refractivity (Wildman–Crippen MR) is 36.7 cm³/mol. The van der Waals surface area contributed by atoms with Gasteiger partial charge in [0.2, 0.25) is 0 Å². The molecule has 13 heavy (non-hydrogen) atoms. The van der Waals surface area contributed by atoms with E-state index in [9.17, 15) is 14.4 Å². The van der Waals surface area contributed by atoms with Crippen molar-refractivity contribution in [2.24, 2.45) is 0 Å². The Kier molecular flexibility index (Phi) is 5.09. The number of carbonyl (C=O) groups is 3. The molecule has 0 saturated carbocycles. The first-order chi connectivity index (χ1) is 6.08. The first-order valence-electron chi connectivity index (χ1n) is 2.90. The number of rotatable bonds is 3. The molecular weight excluding hydrogens is 244 g/mol. The van der Waals surface area contributed by atoms with Crippen molar-refractivity contribution in [1.82, 2.24) is 16.4 Å². The molecular formula is C3H6GaN3O6. The first-order valence-corrected chi connectivity index (χ1v) is 6.53. The zero-order valence-corrected chi connectivity index (χ0v) is 8.57. The monoisotopic (exact) mass is 249 g/mol. The van der Waals surface area contributed by atoms with Crippen molar-refractivity contribution in [3.63, 3.8) is 0 Å². The Labute approximate surface area is 76.6 Å². The Hall–Kier alpha value is -1.07.